The van der Waals surface area contributed by atoms with E-state index in [2.05, 4.69) is 9.71 Å². The molecule has 0 spiro atoms. The Kier molecular flexibility index (Phi) is 3.42. The maximum absolute atomic E-state index is 12.9. The zero-order valence-electron chi connectivity index (χ0n) is 11.2. The van der Waals surface area contributed by atoms with Crippen molar-refractivity contribution < 1.29 is 17.6 Å². The number of aromatic amines is 1. The maximum atomic E-state index is 12.9. The molecule has 0 radical (unpaired) electrons. The van der Waals surface area contributed by atoms with Gasteiger partial charge in [-0.3, -0.25) is 9.52 Å². The van der Waals surface area contributed by atoms with Gasteiger partial charge in [0.2, 0.25) is 0 Å². The molecule has 0 bridgehead atoms. The van der Waals surface area contributed by atoms with Crippen molar-refractivity contribution in [1.82, 2.24) is 4.98 Å². The third-order valence-electron chi connectivity index (χ3n) is 3.23. The number of H-pyrrole nitrogens is 1. The van der Waals surface area contributed by atoms with Gasteiger partial charge < -0.3 is 4.98 Å². The standard InChI is InChI=1S/C15H11FN2O3S/c16-11-4-6-12(7-5-11)22(20,21)18-14-3-1-2-13-15(14)10(9-19)8-17-13/h1-9,17-18H. The average Bonchev–Trinajstić information content (AvgIpc) is 2.91. The van der Waals surface area contributed by atoms with Crippen LogP contribution in [0.3, 0.4) is 0 Å². The van der Waals surface area contributed by atoms with Gasteiger partial charge in [0.15, 0.2) is 6.29 Å². The van der Waals surface area contributed by atoms with Crippen molar-refractivity contribution in [2.45, 2.75) is 4.90 Å². The summed E-state index contributed by atoms with van der Waals surface area (Å²) in [5.41, 5.74) is 1.28. The van der Waals surface area contributed by atoms with Gasteiger partial charge in [-0.1, -0.05) is 6.07 Å². The molecule has 1 aromatic heterocycles. The molecule has 1 heterocycles. The first-order chi connectivity index (χ1) is 10.5. The summed E-state index contributed by atoms with van der Waals surface area (Å²) in [5, 5.41) is 0.489. The van der Waals surface area contributed by atoms with E-state index in [-0.39, 0.29) is 10.6 Å². The minimum absolute atomic E-state index is 0.0610. The van der Waals surface area contributed by atoms with E-state index < -0.39 is 15.8 Å². The third kappa shape index (κ3) is 2.46. The molecule has 0 aliphatic carbocycles. The minimum Gasteiger partial charge on any atom is -0.360 e. The van der Waals surface area contributed by atoms with Crippen LogP contribution in [-0.2, 0) is 10.0 Å². The SMILES string of the molecule is O=Cc1c[nH]c2cccc(NS(=O)(=O)c3ccc(F)cc3)c12. The highest BCUT2D eigenvalue weighted by molar-refractivity contribution is 7.92. The van der Waals surface area contributed by atoms with Crippen molar-refractivity contribution in [3.63, 3.8) is 0 Å². The van der Waals surface area contributed by atoms with E-state index in [1.807, 2.05) is 0 Å². The Morgan fingerprint density at radius 3 is 2.50 bits per heavy atom. The normalized spacial score (nSPS) is 11.5. The molecule has 0 amide bonds. The fourth-order valence-electron chi connectivity index (χ4n) is 2.21. The van der Waals surface area contributed by atoms with Crippen LogP contribution in [0.5, 0.6) is 0 Å². The van der Waals surface area contributed by atoms with E-state index in [4.69, 9.17) is 0 Å². The lowest BCUT2D eigenvalue weighted by atomic mass is 10.1. The van der Waals surface area contributed by atoms with Gasteiger partial charge in [0.05, 0.1) is 10.6 Å². The average molecular weight is 318 g/mol. The summed E-state index contributed by atoms with van der Waals surface area (Å²) in [4.78, 5) is 13.9. The van der Waals surface area contributed by atoms with Crippen LogP contribution in [0.1, 0.15) is 10.4 Å². The summed E-state index contributed by atoms with van der Waals surface area (Å²) >= 11 is 0. The Morgan fingerprint density at radius 2 is 1.82 bits per heavy atom. The van der Waals surface area contributed by atoms with Crippen molar-refractivity contribution in [1.29, 1.82) is 0 Å². The number of aromatic nitrogens is 1. The second-order valence-electron chi connectivity index (χ2n) is 4.65. The van der Waals surface area contributed by atoms with E-state index in [1.165, 1.54) is 18.3 Å². The number of benzene rings is 2. The first kappa shape index (κ1) is 14.3. The topological polar surface area (TPSA) is 79.0 Å². The molecule has 0 saturated heterocycles. The van der Waals surface area contributed by atoms with E-state index >= 15 is 0 Å². The molecule has 112 valence electrons. The number of anilines is 1. The lowest BCUT2D eigenvalue weighted by Crippen LogP contribution is -2.13. The van der Waals surface area contributed by atoms with Crippen LogP contribution in [0, 0.1) is 5.82 Å². The predicted molar refractivity (Wildman–Crippen MR) is 80.9 cm³/mol. The summed E-state index contributed by atoms with van der Waals surface area (Å²) in [7, 11) is -3.87. The molecule has 0 unspecified atom stereocenters. The number of aldehydes is 1. The molecule has 7 heteroatoms. The summed E-state index contributed by atoms with van der Waals surface area (Å²) < 4.78 is 40.0. The number of nitrogens with one attached hydrogen (secondary N) is 2. The predicted octanol–water partition coefficient (Wildman–Crippen LogP) is 2.92. The van der Waals surface area contributed by atoms with Crippen molar-refractivity contribution in [2.75, 3.05) is 4.72 Å². The molecule has 0 fully saturated rings. The number of hydrogen-bond acceptors (Lipinski definition) is 3. The van der Waals surface area contributed by atoms with Gasteiger partial charge in [-0.05, 0) is 36.4 Å². The van der Waals surface area contributed by atoms with Crippen LogP contribution in [-0.4, -0.2) is 19.7 Å². The zero-order chi connectivity index (χ0) is 15.7. The van der Waals surface area contributed by atoms with Crippen molar-refractivity contribution in [2.24, 2.45) is 0 Å². The Labute approximate surface area is 125 Å². The Hall–Kier alpha value is -2.67. The molecule has 0 aliphatic heterocycles. The van der Waals surface area contributed by atoms with Gasteiger partial charge in [0.25, 0.3) is 10.0 Å². The number of fused-ring (bicyclic) bond motifs is 1. The number of rotatable bonds is 4. The molecule has 3 rings (SSSR count). The first-order valence-electron chi connectivity index (χ1n) is 6.35. The number of hydrogen-bond donors (Lipinski definition) is 2. The van der Waals surface area contributed by atoms with Crippen molar-refractivity contribution in [3.8, 4) is 0 Å². The lowest BCUT2D eigenvalue weighted by molar-refractivity contribution is 0.112. The summed E-state index contributed by atoms with van der Waals surface area (Å²) in [5.74, 6) is -0.519. The molecular formula is C15H11FN2O3S. The Balaban J connectivity index is 2.07. The van der Waals surface area contributed by atoms with Crippen LogP contribution in [0.4, 0.5) is 10.1 Å². The second kappa shape index (κ2) is 5.27. The van der Waals surface area contributed by atoms with Gasteiger partial charge in [0.1, 0.15) is 5.82 Å². The monoisotopic (exact) mass is 318 g/mol. The number of halogens is 1. The highest BCUT2D eigenvalue weighted by Crippen LogP contribution is 2.27. The third-order valence-corrected chi connectivity index (χ3v) is 4.61. The summed E-state index contributed by atoms with van der Waals surface area (Å²) in [6.07, 6.45) is 2.15. The van der Waals surface area contributed by atoms with E-state index in [1.54, 1.807) is 18.2 Å². The number of sulfonamides is 1. The van der Waals surface area contributed by atoms with Gasteiger partial charge in [-0.15, -0.1) is 0 Å². The minimum atomic E-state index is -3.87. The van der Waals surface area contributed by atoms with Crippen molar-refractivity contribution >= 4 is 32.9 Å². The Morgan fingerprint density at radius 1 is 1.09 bits per heavy atom. The number of carbonyl (C=O) groups excluding carboxylic acids is 1. The van der Waals surface area contributed by atoms with E-state index in [9.17, 15) is 17.6 Å². The van der Waals surface area contributed by atoms with Crippen LogP contribution in [0.15, 0.2) is 53.6 Å². The lowest BCUT2D eigenvalue weighted by Gasteiger charge is -2.09. The number of carbonyl (C=O) groups is 1. The van der Waals surface area contributed by atoms with Crippen molar-refractivity contribution in [3.05, 3.63) is 60.0 Å². The van der Waals surface area contributed by atoms with E-state index in [0.29, 0.717) is 22.8 Å². The van der Waals surface area contributed by atoms with Gasteiger partial charge in [0, 0.05) is 22.7 Å². The zero-order valence-corrected chi connectivity index (χ0v) is 12.0. The smallest absolute Gasteiger partial charge is 0.261 e. The molecule has 0 saturated carbocycles. The second-order valence-corrected chi connectivity index (χ2v) is 6.33. The molecule has 0 aliphatic rings. The fraction of sp³-hybridized carbons (Fsp3) is 0. The van der Waals surface area contributed by atoms with Gasteiger partial charge in [-0.2, -0.15) is 0 Å². The Bertz CT molecular complexity index is 947. The molecular weight excluding hydrogens is 307 g/mol. The summed E-state index contributed by atoms with van der Waals surface area (Å²) in [6, 6.07) is 9.45. The fourth-order valence-corrected chi connectivity index (χ4v) is 3.28. The molecule has 2 N–H and O–H groups in total. The quantitative estimate of drug-likeness (QED) is 0.726. The largest absolute Gasteiger partial charge is 0.360 e. The van der Waals surface area contributed by atoms with Gasteiger partial charge in [-0.25, -0.2) is 12.8 Å². The van der Waals surface area contributed by atoms with Crippen LogP contribution in [0.25, 0.3) is 10.9 Å². The molecule has 3 aromatic rings. The van der Waals surface area contributed by atoms with Crippen LogP contribution in [0.2, 0.25) is 0 Å². The molecule has 22 heavy (non-hydrogen) atoms. The van der Waals surface area contributed by atoms with Gasteiger partial charge >= 0.3 is 0 Å². The molecule has 5 nitrogen and oxygen atoms in total. The highest BCUT2D eigenvalue weighted by Gasteiger charge is 2.17. The first-order valence-corrected chi connectivity index (χ1v) is 7.83. The van der Waals surface area contributed by atoms with Crippen LogP contribution >= 0.6 is 0 Å². The maximum Gasteiger partial charge on any atom is 0.261 e. The molecule has 0 atom stereocenters. The van der Waals surface area contributed by atoms with E-state index in [0.717, 1.165) is 12.1 Å². The highest BCUT2D eigenvalue weighted by atomic mass is 32.2. The summed E-state index contributed by atoms with van der Waals surface area (Å²) in [6.45, 7) is 0. The molecule has 2 aromatic carbocycles. The van der Waals surface area contributed by atoms with Crippen LogP contribution < -0.4 is 4.72 Å².